The molecule has 156 valence electrons. The van der Waals surface area contributed by atoms with Crippen LogP contribution in [0.25, 0.3) is 17.1 Å². The molecule has 0 amide bonds. The number of fused-ring (bicyclic) bond motifs is 5. The zero-order valence-corrected chi connectivity index (χ0v) is 17.3. The Morgan fingerprint density at radius 3 is 2.74 bits per heavy atom. The minimum absolute atomic E-state index is 0.288. The molecule has 0 radical (unpaired) electrons. The molecule has 8 heteroatoms. The predicted octanol–water partition coefficient (Wildman–Crippen LogP) is 3.27. The van der Waals surface area contributed by atoms with E-state index in [0.717, 1.165) is 34.2 Å². The van der Waals surface area contributed by atoms with Crippen molar-refractivity contribution in [1.82, 2.24) is 24.3 Å². The highest BCUT2D eigenvalue weighted by molar-refractivity contribution is 5.89. The summed E-state index contributed by atoms with van der Waals surface area (Å²) in [5.41, 5.74) is 3.88. The van der Waals surface area contributed by atoms with Crippen LogP contribution in [0, 0.1) is 0 Å². The highest BCUT2D eigenvalue weighted by atomic mass is 16.5. The second kappa shape index (κ2) is 7.71. The molecule has 0 atom stereocenters. The zero-order chi connectivity index (χ0) is 21.4. The lowest BCUT2D eigenvalue weighted by molar-refractivity contribution is 0.0518. The fourth-order valence-electron chi connectivity index (χ4n) is 3.89. The molecule has 0 saturated heterocycles. The van der Waals surface area contributed by atoms with E-state index in [4.69, 9.17) is 9.47 Å². The van der Waals surface area contributed by atoms with Crippen molar-refractivity contribution < 1.29 is 14.3 Å². The summed E-state index contributed by atoms with van der Waals surface area (Å²) in [6, 6.07) is 15.9. The molecule has 1 aliphatic heterocycles. The van der Waals surface area contributed by atoms with E-state index in [1.165, 1.54) is 0 Å². The maximum atomic E-state index is 12.6. The van der Waals surface area contributed by atoms with Crippen LogP contribution in [0.2, 0.25) is 0 Å². The molecule has 0 spiro atoms. The highest BCUT2D eigenvalue weighted by Crippen LogP contribution is 2.35. The quantitative estimate of drug-likeness (QED) is 0.410. The molecule has 0 saturated carbocycles. The van der Waals surface area contributed by atoms with Crippen molar-refractivity contribution >= 4 is 5.97 Å². The molecule has 0 N–H and O–H groups in total. The van der Waals surface area contributed by atoms with Crippen LogP contribution in [0.15, 0.2) is 54.9 Å². The molecule has 2 aromatic carbocycles. The smallest absolute Gasteiger partial charge is 0.358 e. The van der Waals surface area contributed by atoms with E-state index in [0.29, 0.717) is 24.4 Å². The second-order valence-corrected chi connectivity index (χ2v) is 7.20. The fourth-order valence-corrected chi connectivity index (χ4v) is 3.89. The van der Waals surface area contributed by atoms with Crippen molar-refractivity contribution in [3.63, 3.8) is 0 Å². The van der Waals surface area contributed by atoms with Gasteiger partial charge in [0, 0.05) is 12.0 Å². The van der Waals surface area contributed by atoms with Gasteiger partial charge in [-0.2, -0.15) is 0 Å². The molecule has 0 bridgehead atoms. The summed E-state index contributed by atoms with van der Waals surface area (Å²) < 4.78 is 14.6. The first-order chi connectivity index (χ1) is 15.2. The Kier molecular flexibility index (Phi) is 4.74. The number of methoxy groups -OCH3 is 1. The van der Waals surface area contributed by atoms with Gasteiger partial charge >= 0.3 is 5.97 Å². The maximum absolute atomic E-state index is 12.6. The number of carbonyl (C=O) groups excluding carboxylic acids is 1. The molecule has 3 heterocycles. The molecule has 4 aromatic rings. The molecule has 0 fully saturated rings. The number of benzene rings is 2. The first-order valence-electron chi connectivity index (χ1n) is 10.1. The van der Waals surface area contributed by atoms with Crippen LogP contribution in [0.3, 0.4) is 0 Å². The number of hydrogen-bond donors (Lipinski definition) is 0. The number of aromatic nitrogens is 5. The lowest BCUT2D eigenvalue weighted by Crippen LogP contribution is -2.13. The summed E-state index contributed by atoms with van der Waals surface area (Å²) >= 11 is 0. The van der Waals surface area contributed by atoms with Crippen molar-refractivity contribution in [3.05, 3.63) is 77.6 Å². The van der Waals surface area contributed by atoms with Crippen molar-refractivity contribution in [2.75, 3.05) is 13.7 Å². The molecule has 5 rings (SSSR count). The number of hydrogen-bond acceptors (Lipinski definition) is 6. The molecule has 0 unspecified atom stereocenters. The first kappa shape index (κ1) is 19.0. The number of carbonyl (C=O) groups is 1. The molecule has 0 aliphatic carbocycles. The molecule has 2 aromatic heterocycles. The van der Waals surface area contributed by atoms with E-state index < -0.39 is 5.97 Å². The Labute approximate surface area is 179 Å². The Morgan fingerprint density at radius 2 is 1.97 bits per heavy atom. The summed E-state index contributed by atoms with van der Waals surface area (Å²) in [6.45, 7) is 2.47. The van der Waals surface area contributed by atoms with Crippen molar-refractivity contribution in [3.8, 4) is 22.8 Å². The Bertz CT molecular complexity index is 1260. The number of rotatable bonds is 5. The average molecular weight is 415 g/mol. The third kappa shape index (κ3) is 3.26. The minimum Gasteiger partial charge on any atom is -0.497 e. The van der Waals surface area contributed by atoms with E-state index in [1.807, 2.05) is 45.5 Å². The zero-order valence-electron chi connectivity index (χ0n) is 17.3. The average Bonchev–Trinajstić information content (AvgIpc) is 3.36. The summed E-state index contributed by atoms with van der Waals surface area (Å²) in [6.07, 6.45) is 2.28. The van der Waals surface area contributed by atoms with Gasteiger partial charge in [0.15, 0.2) is 11.5 Å². The van der Waals surface area contributed by atoms with Crippen molar-refractivity contribution in [2.45, 2.75) is 19.9 Å². The van der Waals surface area contributed by atoms with Gasteiger partial charge in [-0.15, -0.1) is 10.2 Å². The largest absolute Gasteiger partial charge is 0.497 e. The van der Waals surface area contributed by atoms with Crippen LogP contribution < -0.4 is 4.74 Å². The topological polar surface area (TPSA) is 84.1 Å². The Balaban J connectivity index is 1.70. The van der Waals surface area contributed by atoms with Crippen LogP contribution in [0.5, 0.6) is 5.75 Å². The maximum Gasteiger partial charge on any atom is 0.358 e. The van der Waals surface area contributed by atoms with Gasteiger partial charge in [0.25, 0.3) is 0 Å². The van der Waals surface area contributed by atoms with Gasteiger partial charge < -0.3 is 14.0 Å². The number of nitrogens with zero attached hydrogens (tertiary/aromatic N) is 5. The van der Waals surface area contributed by atoms with E-state index in [9.17, 15) is 4.79 Å². The van der Waals surface area contributed by atoms with Crippen LogP contribution in [-0.4, -0.2) is 44.0 Å². The van der Waals surface area contributed by atoms with Gasteiger partial charge in [-0.25, -0.2) is 9.78 Å². The van der Waals surface area contributed by atoms with Crippen LogP contribution in [0.4, 0.5) is 0 Å². The van der Waals surface area contributed by atoms with Crippen molar-refractivity contribution in [1.29, 1.82) is 0 Å². The third-order valence-electron chi connectivity index (χ3n) is 5.38. The van der Waals surface area contributed by atoms with Crippen molar-refractivity contribution in [2.24, 2.45) is 0 Å². The van der Waals surface area contributed by atoms with Gasteiger partial charge in [-0.3, -0.25) is 4.57 Å². The first-order valence-corrected chi connectivity index (χ1v) is 10.1. The molecule has 8 nitrogen and oxygen atoms in total. The summed E-state index contributed by atoms with van der Waals surface area (Å²) in [5.74, 6) is 1.80. The molecular formula is C23H21N5O3. The highest BCUT2D eigenvalue weighted by Gasteiger charge is 2.28. The monoisotopic (exact) mass is 415 g/mol. The molecule has 31 heavy (non-hydrogen) atoms. The fraction of sp³-hybridized carbons (Fsp3) is 0.217. The minimum atomic E-state index is -0.438. The standard InChI is InChI=1S/C23H21N5O3/c1-3-31-23(29)21-19-13-27-20(11-15-7-5-4-6-8-15)25-26-22(27)17-12-16(30-2)9-10-18(17)28(19)14-24-21/h4-10,12,14H,3,11,13H2,1-2H3. The summed E-state index contributed by atoms with van der Waals surface area (Å²) in [5, 5.41) is 8.99. The van der Waals surface area contributed by atoms with Crippen LogP contribution >= 0.6 is 0 Å². The Morgan fingerprint density at radius 1 is 1.13 bits per heavy atom. The van der Waals surface area contributed by atoms with Crippen LogP contribution in [0.1, 0.15) is 34.5 Å². The number of esters is 1. The lowest BCUT2D eigenvalue weighted by Gasteiger charge is -2.10. The van der Waals surface area contributed by atoms with E-state index >= 15 is 0 Å². The van der Waals surface area contributed by atoms with Gasteiger partial charge in [-0.05, 0) is 30.7 Å². The summed E-state index contributed by atoms with van der Waals surface area (Å²) in [7, 11) is 1.63. The van der Waals surface area contributed by atoms with Gasteiger partial charge in [0.2, 0.25) is 0 Å². The molecular weight excluding hydrogens is 394 g/mol. The SMILES string of the molecule is CCOC(=O)c1ncn2c1Cn1c(Cc3ccccc3)nnc1-c1cc(OC)ccc1-2. The van der Waals surface area contributed by atoms with E-state index in [2.05, 4.69) is 27.3 Å². The van der Waals surface area contributed by atoms with Gasteiger partial charge in [0.05, 0.1) is 31.6 Å². The molecule has 1 aliphatic rings. The summed E-state index contributed by atoms with van der Waals surface area (Å²) in [4.78, 5) is 16.9. The number of ether oxygens (including phenoxy) is 2. The van der Waals surface area contributed by atoms with E-state index in [1.54, 1.807) is 20.4 Å². The number of imidazole rings is 1. The van der Waals surface area contributed by atoms with Gasteiger partial charge in [0.1, 0.15) is 17.9 Å². The Hall–Kier alpha value is -3.94. The van der Waals surface area contributed by atoms with Crippen LogP contribution in [-0.2, 0) is 17.7 Å². The normalized spacial score (nSPS) is 11.8. The second-order valence-electron chi connectivity index (χ2n) is 7.20. The predicted molar refractivity (Wildman–Crippen MR) is 113 cm³/mol. The lowest BCUT2D eigenvalue weighted by atomic mass is 10.1. The van der Waals surface area contributed by atoms with E-state index in [-0.39, 0.29) is 6.61 Å². The van der Waals surface area contributed by atoms with Gasteiger partial charge in [-0.1, -0.05) is 30.3 Å². The third-order valence-corrected chi connectivity index (χ3v) is 5.38.